The predicted octanol–water partition coefficient (Wildman–Crippen LogP) is 3.84. The summed E-state index contributed by atoms with van der Waals surface area (Å²) < 4.78 is 2.80. The molecular weight excluding hydrogens is 360 g/mol. The van der Waals surface area contributed by atoms with Gasteiger partial charge in [0.2, 0.25) is 0 Å². The monoisotopic (exact) mass is 374 g/mol. The summed E-state index contributed by atoms with van der Waals surface area (Å²) in [4.78, 5) is 1.14. The molecule has 1 N–H and O–H groups in total. The summed E-state index contributed by atoms with van der Waals surface area (Å²) >= 11 is 11.2. The van der Waals surface area contributed by atoms with Crippen molar-refractivity contribution in [2.75, 3.05) is 5.75 Å². The zero-order valence-electron chi connectivity index (χ0n) is 11.3. The Morgan fingerprint density at radius 3 is 2.60 bits per heavy atom. The predicted molar refractivity (Wildman–Crippen MR) is 87.5 cm³/mol. The molecular formula is C14H16BrClN2OS. The van der Waals surface area contributed by atoms with Crippen LogP contribution >= 0.6 is 39.3 Å². The normalized spacial score (nSPS) is 12.7. The van der Waals surface area contributed by atoms with Gasteiger partial charge in [-0.15, -0.1) is 11.8 Å². The van der Waals surface area contributed by atoms with E-state index in [-0.39, 0.29) is 0 Å². The van der Waals surface area contributed by atoms with Crippen molar-refractivity contribution in [2.24, 2.45) is 7.05 Å². The van der Waals surface area contributed by atoms with Gasteiger partial charge >= 0.3 is 0 Å². The van der Waals surface area contributed by atoms with Gasteiger partial charge in [0.15, 0.2) is 0 Å². The Balaban J connectivity index is 1.92. The number of thioether (sulfide) groups is 1. The number of nitrogens with zero attached hydrogens (tertiary/aromatic N) is 2. The minimum Gasteiger partial charge on any atom is -0.392 e. The SMILES string of the molecule is Cc1nn(C)c(CC(O)CSc2ccc(Br)cc2)c1Cl. The molecule has 0 spiro atoms. The van der Waals surface area contributed by atoms with Crippen LogP contribution < -0.4 is 0 Å². The van der Waals surface area contributed by atoms with E-state index in [1.165, 1.54) is 0 Å². The highest BCUT2D eigenvalue weighted by atomic mass is 79.9. The van der Waals surface area contributed by atoms with Crippen LogP contribution in [0.3, 0.4) is 0 Å². The van der Waals surface area contributed by atoms with Crippen molar-refractivity contribution in [1.29, 1.82) is 0 Å². The van der Waals surface area contributed by atoms with Crippen molar-refractivity contribution in [2.45, 2.75) is 24.3 Å². The van der Waals surface area contributed by atoms with Gasteiger partial charge in [0.05, 0.1) is 22.5 Å². The molecule has 6 heteroatoms. The number of aliphatic hydroxyl groups excluding tert-OH is 1. The molecule has 0 amide bonds. The van der Waals surface area contributed by atoms with Crippen LogP contribution in [0.15, 0.2) is 33.6 Å². The molecule has 1 aromatic carbocycles. The lowest BCUT2D eigenvalue weighted by Crippen LogP contribution is -2.16. The number of aromatic nitrogens is 2. The first-order valence-corrected chi connectivity index (χ1v) is 8.37. The maximum absolute atomic E-state index is 10.1. The Bertz CT molecular complexity index is 586. The van der Waals surface area contributed by atoms with Gasteiger partial charge in [-0.3, -0.25) is 4.68 Å². The van der Waals surface area contributed by atoms with Crippen LogP contribution in [-0.4, -0.2) is 26.7 Å². The third-order valence-electron chi connectivity index (χ3n) is 2.95. The summed E-state index contributed by atoms with van der Waals surface area (Å²) in [5, 5.41) is 15.1. The van der Waals surface area contributed by atoms with Gasteiger partial charge in [-0.1, -0.05) is 27.5 Å². The average molecular weight is 376 g/mol. The summed E-state index contributed by atoms with van der Waals surface area (Å²) in [7, 11) is 1.85. The van der Waals surface area contributed by atoms with Crippen LogP contribution in [0.2, 0.25) is 5.02 Å². The van der Waals surface area contributed by atoms with E-state index in [1.54, 1.807) is 16.4 Å². The zero-order valence-corrected chi connectivity index (χ0v) is 14.5. The second kappa shape index (κ2) is 6.98. The van der Waals surface area contributed by atoms with Gasteiger partial charge < -0.3 is 5.11 Å². The topological polar surface area (TPSA) is 38.0 Å². The summed E-state index contributed by atoms with van der Waals surface area (Å²) in [6.45, 7) is 1.87. The van der Waals surface area contributed by atoms with E-state index < -0.39 is 6.10 Å². The molecule has 1 aromatic heterocycles. The molecule has 0 bridgehead atoms. The third kappa shape index (κ3) is 4.01. The van der Waals surface area contributed by atoms with E-state index in [1.807, 2.05) is 38.2 Å². The largest absolute Gasteiger partial charge is 0.392 e. The van der Waals surface area contributed by atoms with E-state index in [0.717, 1.165) is 20.8 Å². The second-order valence-electron chi connectivity index (χ2n) is 4.59. The zero-order chi connectivity index (χ0) is 14.7. The number of aryl methyl sites for hydroxylation is 2. The molecule has 3 nitrogen and oxygen atoms in total. The molecule has 0 saturated heterocycles. The summed E-state index contributed by atoms with van der Waals surface area (Å²) in [5.74, 6) is 0.627. The lowest BCUT2D eigenvalue weighted by molar-refractivity contribution is 0.197. The molecule has 0 aliphatic heterocycles. The average Bonchev–Trinajstić information content (AvgIpc) is 2.65. The van der Waals surface area contributed by atoms with E-state index >= 15 is 0 Å². The highest BCUT2D eigenvalue weighted by molar-refractivity contribution is 9.10. The van der Waals surface area contributed by atoms with Crippen molar-refractivity contribution in [3.05, 3.63) is 45.1 Å². The van der Waals surface area contributed by atoms with E-state index in [9.17, 15) is 5.11 Å². The molecule has 2 rings (SSSR count). The quantitative estimate of drug-likeness (QED) is 0.807. The molecule has 1 heterocycles. The first-order valence-electron chi connectivity index (χ1n) is 6.21. The fraction of sp³-hybridized carbons (Fsp3) is 0.357. The van der Waals surface area contributed by atoms with Crippen LogP contribution in [0, 0.1) is 6.92 Å². The summed E-state index contributed by atoms with van der Waals surface area (Å²) in [6, 6.07) is 8.05. The number of halogens is 2. The Labute approximate surface area is 136 Å². The fourth-order valence-corrected chi connectivity index (χ4v) is 3.24. The van der Waals surface area contributed by atoms with Gasteiger partial charge in [-0.05, 0) is 31.2 Å². The summed E-state index contributed by atoms with van der Waals surface area (Å²) in [5.41, 5.74) is 1.69. The number of benzene rings is 1. The molecule has 2 aromatic rings. The molecule has 0 aliphatic rings. The van der Waals surface area contributed by atoms with E-state index in [2.05, 4.69) is 21.0 Å². The maximum atomic E-state index is 10.1. The molecule has 0 aliphatic carbocycles. The molecule has 0 radical (unpaired) electrons. The Morgan fingerprint density at radius 1 is 1.40 bits per heavy atom. The Kier molecular flexibility index (Phi) is 5.55. The minimum atomic E-state index is -0.448. The van der Waals surface area contributed by atoms with Crippen LogP contribution in [0.1, 0.15) is 11.4 Å². The van der Waals surface area contributed by atoms with Gasteiger partial charge in [0, 0.05) is 28.6 Å². The minimum absolute atomic E-state index is 0.448. The number of rotatable bonds is 5. The van der Waals surface area contributed by atoms with Gasteiger partial charge in [-0.25, -0.2) is 0 Å². The first-order chi connectivity index (χ1) is 9.47. The first kappa shape index (κ1) is 15.9. The number of hydrogen-bond acceptors (Lipinski definition) is 3. The van der Waals surface area contributed by atoms with Gasteiger partial charge in [0.1, 0.15) is 0 Å². The maximum Gasteiger partial charge on any atom is 0.0847 e. The van der Waals surface area contributed by atoms with Crippen molar-refractivity contribution >= 4 is 39.3 Å². The highest BCUT2D eigenvalue weighted by Gasteiger charge is 2.15. The van der Waals surface area contributed by atoms with E-state index in [0.29, 0.717) is 17.2 Å². The lowest BCUT2D eigenvalue weighted by Gasteiger charge is -2.11. The molecule has 108 valence electrons. The Hall–Kier alpha value is -0.490. The molecule has 20 heavy (non-hydrogen) atoms. The van der Waals surface area contributed by atoms with Crippen LogP contribution in [0.4, 0.5) is 0 Å². The molecule has 1 unspecified atom stereocenters. The highest BCUT2D eigenvalue weighted by Crippen LogP contribution is 2.24. The summed E-state index contributed by atoms with van der Waals surface area (Å²) in [6.07, 6.45) is 0.0654. The third-order valence-corrected chi connectivity index (χ3v) is 5.12. The standard InChI is InChI=1S/C14H16BrClN2OS/c1-9-14(16)13(18(2)17-9)7-11(19)8-20-12-5-3-10(15)4-6-12/h3-6,11,19H,7-8H2,1-2H3. The second-order valence-corrected chi connectivity index (χ2v) is 6.98. The molecule has 1 atom stereocenters. The van der Waals surface area contributed by atoms with Gasteiger partial charge in [0.25, 0.3) is 0 Å². The number of hydrogen-bond donors (Lipinski definition) is 1. The number of aliphatic hydroxyl groups is 1. The van der Waals surface area contributed by atoms with Gasteiger partial charge in [-0.2, -0.15) is 5.10 Å². The molecule has 0 fully saturated rings. The lowest BCUT2D eigenvalue weighted by atomic mass is 10.2. The van der Waals surface area contributed by atoms with E-state index in [4.69, 9.17) is 11.6 Å². The van der Waals surface area contributed by atoms with Crippen molar-refractivity contribution < 1.29 is 5.11 Å². The van der Waals surface area contributed by atoms with Crippen molar-refractivity contribution in [3.8, 4) is 0 Å². The Morgan fingerprint density at radius 2 is 2.05 bits per heavy atom. The van der Waals surface area contributed by atoms with Crippen molar-refractivity contribution in [3.63, 3.8) is 0 Å². The van der Waals surface area contributed by atoms with Crippen LogP contribution in [0.25, 0.3) is 0 Å². The van der Waals surface area contributed by atoms with Crippen LogP contribution in [-0.2, 0) is 13.5 Å². The van der Waals surface area contributed by atoms with Crippen molar-refractivity contribution in [1.82, 2.24) is 9.78 Å². The fourth-order valence-electron chi connectivity index (χ4n) is 1.91. The molecule has 0 saturated carbocycles. The van der Waals surface area contributed by atoms with Crippen LogP contribution in [0.5, 0.6) is 0 Å². The smallest absolute Gasteiger partial charge is 0.0847 e.